The molecule has 2 aromatic carbocycles. The largest absolute Gasteiger partial charge is 0.491 e. The highest BCUT2D eigenvalue weighted by molar-refractivity contribution is 7.80. The van der Waals surface area contributed by atoms with Crippen molar-refractivity contribution in [2.75, 3.05) is 23.4 Å². The number of carbonyl (C=O) groups is 1. The van der Waals surface area contributed by atoms with Crippen LogP contribution in [-0.2, 0) is 4.79 Å². The van der Waals surface area contributed by atoms with E-state index in [0.29, 0.717) is 18.1 Å². The summed E-state index contributed by atoms with van der Waals surface area (Å²) >= 11 is 5.40. The Bertz CT molecular complexity index is 851. The number of hydrogen-bond donors (Lipinski definition) is 2. The van der Waals surface area contributed by atoms with Gasteiger partial charge in [-0.25, -0.2) is 0 Å². The molecule has 0 aliphatic carbocycles. The first-order chi connectivity index (χ1) is 13.4. The summed E-state index contributed by atoms with van der Waals surface area (Å²) in [5.41, 5.74) is 4.29. The highest BCUT2D eigenvalue weighted by atomic mass is 32.1. The Labute approximate surface area is 172 Å². The highest BCUT2D eigenvalue weighted by Crippen LogP contribution is 2.23. The summed E-state index contributed by atoms with van der Waals surface area (Å²) < 4.78 is 5.85. The minimum atomic E-state index is 0.0584. The van der Waals surface area contributed by atoms with Crippen molar-refractivity contribution >= 4 is 34.6 Å². The standard InChI is InChI=1S/C22H27N3O2S/c1-15-6-11-20(13-16(15)2)27-14-17(3)23-22(28)24-18-7-9-19(10-8-18)25-12-4-5-21(25)26/h6-11,13,17H,4-5,12,14H2,1-3H3,(H2,23,24,28)/t17-/m0/s1. The number of nitrogens with one attached hydrogen (secondary N) is 2. The first kappa shape index (κ1) is 20.1. The number of carbonyl (C=O) groups excluding carboxylic acids is 1. The van der Waals surface area contributed by atoms with Gasteiger partial charge in [-0.1, -0.05) is 6.07 Å². The number of aryl methyl sites for hydroxylation is 2. The second-order valence-electron chi connectivity index (χ2n) is 7.25. The number of nitrogens with zero attached hydrogens (tertiary/aromatic N) is 1. The van der Waals surface area contributed by atoms with Crippen LogP contribution in [0.2, 0.25) is 0 Å². The fourth-order valence-corrected chi connectivity index (χ4v) is 3.42. The quantitative estimate of drug-likeness (QED) is 0.716. The lowest BCUT2D eigenvalue weighted by Crippen LogP contribution is -2.39. The molecule has 0 aromatic heterocycles. The summed E-state index contributed by atoms with van der Waals surface area (Å²) in [5.74, 6) is 1.05. The Balaban J connectivity index is 1.46. The minimum absolute atomic E-state index is 0.0584. The third kappa shape index (κ3) is 5.23. The fraction of sp³-hybridized carbons (Fsp3) is 0.364. The Hall–Kier alpha value is -2.60. The first-order valence-electron chi connectivity index (χ1n) is 9.60. The molecule has 3 rings (SSSR count). The van der Waals surface area contributed by atoms with Gasteiger partial charge in [0.2, 0.25) is 5.91 Å². The van der Waals surface area contributed by atoms with Crippen molar-refractivity contribution in [2.45, 2.75) is 39.7 Å². The molecule has 2 N–H and O–H groups in total. The van der Waals surface area contributed by atoms with Gasteiger partial charge in [0.05, 0.1) is 6.04 Å². The molecule has 0 bridgehead atoms. The average molecular weight is 398 g/mol. The first-order valence-corrected chi connectivity index (χ1v) is 10.0. The number of anilines is 2. The van der Waals surface area contributed by atoms with E-state index in [2.05, 4.69) is 30.5 Å². The summed E-state index contributed by atoms with van der Waals surface area (Å²) in [7, 11) is 0. The molecular weight excluding hydrogens is 370 g/mol. The molecule has 1 amide bonds. The smallest absolute Gasteiger partial charge is 0.227 e. The number of hydrogen-bond acceptors (Lipinski definition) is 3. The summed E-state index contributed by atoms with van der Waals surface area (Å²) in [6.45, 7) is 7.50. The van der Waals surface area contributed by atoms with E-state index in [0.717, 1.165) is 30.1 Å². The van der Waals surface area contributed by atoms with Crippen LogP contribution >= 0.6 is 12.2 Å². The zero-order valence-electron chi connectivity index (χ0n) is 16.6. The molecule has 0 spiro atoms. The van der Waals surface area contributed by atoms with Crippen molar-refractivity contribution in [3.63, 3.8) is 0 Å². The Morgan fingerprint density at radius 2 is 1.93 bits per heavy atom. The molecule has 1 saturated heterocycles. The lowest BCUT2D eigenvalue weighted by Gasteiger charge is -2.19. The van der Waals surface area contributed by atoms with E-state index in [4.69, 9.17) is 17.0 Å². The van der Waals surface area contributed by atoms with Crippen LogP contribution in [-0.4, -0.2) is 30.2 Å². The Kier molecular flexibility index (Phi) is 6.52. The molecule has 6 heteroatoms. The third-order valence-corrected chi connectivity index (χ3v) is 5.09. The molecular formula is C22H27N3O2S. The molecule has 1 aliphatic heterocycles. The summed E-state index contributed by atoms with van der Waals surface area (Å²) in [4.78, 5) is 13.7. The van der Waals surface area contributed by atoms with E-state index >= 15 is 0 Å². The van der Waals surface area contributed by atoms with Crippen molar-refractivity contribution in [3.05, 3.63) is 53.6 Å². The lowest BCUT2D eigenvalue weighted by atomic mass is 10.1. The van der Waals surface area contributed by atoms with Crippen molar-refractivity contribution in [1.82, 2.24) is 5.32 Å². The van der Waals surface area contributed by atoms with Gasteiger partial charge in [-0.15, -0.1) is 0 Å². The van der Waals surface area contributed by atoms with Gasteiger partial charge in [0.1, 0.15) is 12.4 Å². The molecule has 5 nitrogen and oxygen atoms in total. The summed E-state index contributed by atoms with van der Waals surface area (Å²) in [6, 6.07) is 13.9. The normalized spacial score (nSPS) is 14.7. The van der Waals surface area contributed by atoms with Crippen LogP contribution in [0.3, 0.4) is 0 Å². The molecule has 1 aliphatic rings. The average Bonchev–Trinajstić information content (AvgIpc) is 3.09. The third-order valence-electron chi connectivity index (χ3n) is 4.87. The van der Waals surface area contributed by atoms with Gasteiger partial charge in [0.25, 0.3) is 0 Å². The maximum atomic E-state index is 11.8. The van der Waals surface area contributed by atoms with Crippen LogP contribution in [0.1, 0.15) is 30.9 Å². The molecule has 0 unspecified atom stereocenters. The van der Waals surface area contributed by atoms with Crippen LogP contribution in [0.5, 0.6) is 5.75 Å². The summed E-state index contributed by atoms with van der Waals surface area (Å²) in [5, 5.41) is 6.95. The topological polar surface area (TPSA) is 53.6 Å². The van der Waals surface area contributed by atoms with Crippen LogP contribution in [0, 0.1) is 13.8 Å². The maximum absolute atomic E-state index is 11.8. The number of rotatable bonds is 6. The van der Waals surface area contributed by atoms with E-state index in [9.17, 15) is 4.79 Å². The molecule has 1 heterocycles. The molecule has 2 aromatic rings. The van der Waals surface area contributed by atoms with E-state index in [1.165, 1.54) is 11.1 Å². The monoisotopic (exact) mass is 397 g/mol. The van der Waals surface area contributed by atoms with Gasteiger partial charge >= 0.3 is 0 Å². The van der Waals surface area contributed by atoms with Gasteiger partial charge in [-0.05, 0) is 86.9 Å². The molecule has 1 atom stereocenters. The Morgan fingerprint density at radius 1 is 1.18 bits per heavy atom. The number of ether oxygens (including phenoxy) is 1. The van der Waals surface area contributed by atoms with Crippen LogP contribution < -0.4 is 20.3 Å². The second-order valence-corrected chi connectivity index (χ2v) is 7.66. The van der Waals surface area contributed by atoms with E-state index in [1.54, 1.807) is 0 Å². The maximum Gasteiger partial charge on any atom is 0.227 e. The molecule has 0 saturated carbocycles. The van der Waals surface area contributed by atoms with Crippen LogP contribution in [0.15, 0.2) is 42.5 Å². The van der Waals surface area contributed by atoms with Crippen molar-refractivity contribution < 1.29 is 9.53 Å². The zero-order valence-corrected chi connectivity index (χ0v) is 17.4. The van der Waals surface area contributed by atoms with Gasteiger partial charge in [-0.2, -0.15) is 0 Å². The van der Waals surface area contributed by atoms with Crippen molar-refractivity contribution in [1.29, 1.82) is 0 Å². The number of amides is 1. The summed E-state index contributed by atoms with van der Waals surface area (Å²) in [6.07, 6.45) is 1.56. The molecule has 28 heavy (non-hydrogen) atoms. The molecule has 1 fully saturated rings. The Morgan fingerprint density at radius 3 is 2.57 bits per heavy atom. The van der Waals surface area contributed by atoms with E-state index < -0.39 is 0 Å². The van der Waals surface area contributed by atoms with E-state index in [-0.39, 0.29) is 11.9 Å². The van der Waals surface area contributed by atoms with Crippen LogP contribution in [0.4, 0.5) is 11.4 Å². The van der Waals surface area contributed by atoms with Gasteiger partial charge < -0.3 is 20.3 Å². The lowest BCUT2D eigenvalue weighted by molar-refractivity contribution is -0.117. The van der Waals surface area contributed by atoms with Crippen molar-refractivity contribution in [3.8, 4) is 5.75 Å². The fourth-order valence-electron chi connectivity index (χ4n) is 3.10. The van der Waals surface area contributed by atoms with Crippen LogP contribution in [0.25, 0.3) is 0 Å². The highest BCUT2D eigenvalue weighted by Gasteiger charge is 2.21. The van der Waals surface area contributed by atoms with E-state index in [1.807, 2.05) is 48.2 Å². The number of thiocarbonyl (C=S) groups is 1. The predicted molar refractivity (Wildman–Crippen MR) is 118 cm³/mol. The predicted octanol–water partition coefficient (Wildman–Crippen LogP) is 4.18. The molecule has 148 valence electrons. The van der Waals surface area contributed by atoms with Gasteiger partial charge in [-0.3, -0.25) is 4.79 Å². The zero-order chi connectivity index (χ0) is 20.1. The second kappa shape index (κ2) is 9.06. The van der Waals surface area contributed by atoms with Gasteiger partial charge in [0.15, 0.2) is 5.11 Å². The number of benzene rings is 2. The molecule has 0 radical (unpaired) electrons. The minimum Gasteiger partial charge on any atom is -0.491 e. The van der Waals surface area contributed by atoms with Crippen molar-refractivity contribution in [2.24, 2.45) is 0 Å². The SMILES string of the molecule is Cc1ccc(OC[C@H](C)NC(=S)Nc2ccc(N3CCCC3=O)cc2)cc1C. The van der Waals surface area contributed by atoms with Gasteiger partial charge in [0, 0.05) is 24.3 Å².